The van der Waals surface area contributed by atoms with Crippen LogP contribution in [0.2, 0.25) is 24.7 Å². The predicted octanol–water partition coefficient (Wildman–Crippen LogP) is 5.15. The van der Waals surface area contributed by atoms with E-state index in [1.54, 1.807) is 6.21 Å². The van der Waals surface area contributed by atoms with Crippen LogP contribution in [0.15, 0.2) is 35.7 Å². The Morgan fingerprint density at radius 1 is 1.26 bits per heavy atom. The molecule has 0 radical (unpaired) electrons. The second-order valence-electron chi connectivity index (χ2n) is 7.97. The zero-order chi connectivity index (χ0) is 19.5. The lowest BCUT2D eigenvalue weighted by atomic mass is 9.91. The highest BCUT2D eigenvalue weighted by Gasteiger charge is 2.40. The third-order valence-corrected chi connectivity index (χ3v) is 5.63. The number of hydrogen-bond acceptors (Lipinski definition) is 5. The van der Waals surface area contributed by atoms with E-state index in [0.29, 0.717) is 24.1 Å². The van der Waals surface area contributed by atoms with Gasteiger partial charge in [0, 0.05) is 29.6 Å². The molecule has 1 saturated heterocycles. The molecule has 1 aromatic rings. The molecule has 148 valence electrons. The number of nitrogens with zero attached hydrogens (tertiary/aromatic N) is 1. The normalized spacial score (nSPS) is 20.3. The molecular weight excluding hydrogens is 382 g/mol. The molecule has 0 unspecified atom stereocenters. The standard InChI is InChI=1S/C20H28ClNO4Si/c1-15(26-27(2,3)4)22-14-16-13-17(21)5-6-19(16)25-18-7-9-20(10-8-18)23-11-12-24-20/h5-6,13-14,18H,1,7-12H2,2-4H3/b22-14+. The van der Waals surface area contributed by atoms with E-state index in [1.807, 2.05) is 18.2 Å². The van der Waals surface area contributed by atoms with Crippen LogP contribution in [0, 0.1) is 0 Å². The first-order chi connectivity index (χ1) is 12.7. The van der Waals surface area contributed by atoms with E-state index >= 15 is 0 Å². The van der Waals surface area contributed by atoms with Crippen molar-refractivity contribution < 1.29 is 18.6 Å². The average molecular weight is 410 g/mol. The Bertz CT molecular complexity index is 700. The van der Waals surface area contributed by atoms with E-state index in [1.165, 1.54) is 0 Å². The number of benzene rings is 1. The quantitative estimate of drug-likeness (QED) is 0.370. The maximum atomic E-state index is 6.25. The second kappa shape index (κ2) is 8.35. The van der Waals surface area contributed by atoms with Crippen LogP contribution in [-0.4, -0.2) is 39.6 Å². The molecule has 3 rings (SSSR count). The van der Waals surface area contributed by atoms with Gasteiger partial charge in [-0.3, -0.25) is 0 Å². The fourth-order valence-electron chi connectivity index (χ4n) is 3.36. The van der Waals surface area contributed by atoms with Crippen molar-refractivity contribution in [1.82, 2.24) is 0 Å². The van der Waals surface area contributed by atoms with Gasteiger partial charge in [0.2, 0.25) is 8.32 Å². The van der Waals surface area contributed by atoms with Gasteiger partial charge in [0.25, 0.3) is 0 Å². The Morgan fingerprint density at radius 2 is 1.93 bits per heavy atom. The Kier molecular flexibility index (Phi) is 6.31. The summed E-state index contributed by atoms with van der Waals surface area (Å²) in [6.07, 6.45) is 5.33. The van der Waals surface area contributed by atoms with Gasteiger partial charge >= 0.3 is 0 Å². The summed E-state index contributed by atoms with van der Waals surface area (Å²) in [6.45, 7) is 11.5. The van der Waals surface area contributed by atoms with Crippen LogP contribution in [0.1, 0.15) is 31.2 Å². The molecule has 0 amide bonds. The lowest BCUT2D eigenvalue weighted by Gasteiger charge is -2.35. The smallest absolute Gasteiger partial charge is 0.244 e. The fourth-order valence-corrected chi connectivity index (χ4v) is 4.30. The minimum absolute atomic E-state index is 0.123. The van der Waals surface area contributed by atoms with Crippen LogP contribution in [0.25, 0.3) is 0 Å². The van der Waals surface area contributed by atoms with Crippen molar-refractivity contribution >= 4 is 26.1 Å². The van der Waals surface area contributed by atoms with Gasteiger partial charge in [-0.05, 0) is 57.3 Å². The van der Waals surface area contributed by atoms with E-state index in [2.05, 4.69) is 31.2 Å². The summed E-state index contributed by atoms with van der Waals surface area (Å²) in [5, 5.41) is 0.635. The summed E-state index contributed by atoms with van der Waals surface area (Å²) < 4.78 is 23.6. The number of hydrogen-bond donors (Lipinski definition) is 0. The van der Waals surface area contributed by atoms with Gasteiger partial charge in [-0.1, -0.05) is 11.6 Å². The Hall–Kier alpha value is -1.34. The van der Waals surface area contributed by atoms with Crippen LogP contribution < -0.4 is 4.74 Å². The molecule has 1 spiro atoms. The van der Waals surface area contributed by atoms with Gasteiger partial charge < -0.3 is 18.6 Å². The van der Waals surface area contributed by atoms with Crippen molar-refractivity contribution in [3.05, 3.63) is 41.2 Å². The van der Waals surface area contributed by atoms with E-state index in [9.17, 15) is 0 Å². The highest BCUT2D eigenvalue weighted by atomic mass is 35.5. The Labute approximate surface area is 167 Å². The SMILES string of the molecule is C=C(/N=C/c1cc(Cl)ccc1OC1CCC2(CC1)OCCO2)O[Si](C)(C)C. The van der Waals surface area contributed by atoms with Crippen molar-refractivity contribution in [2.45, 2.75) is 57.2 Å². The van der Waals surface area contributed by atoms with Crippen molar-refractivity contribution in [2.24, 2.45) is 4.99 Å². The lowest BCUT2D eigenvalue weighted by molar-refractivity contribution is -0.186. The van der Waals surface area contributed by atoms with Crippen LogP contribution in [0.3, 0.4) is 0 Å². The summed E-state index contributed by atoms with van der Waals surface area (Å²) in [6, 6.07) is 5.56. The third-order valence-electron chi connectivity index (χ3n) is 4.55. The van der Waals surface area contributed by atoms with Crippen LogP contribution in [0.4, 0.5) is 0 Å². The van der Waals surface area contributed by atoms with Gasteiger partial charge in [0.1, 0.15) is 5.75 Å². The summed E-state index contributed by atoms with van der Waals surface area (Å²) in [4.78, 5) is 4.35. The first-order valence-corrected chi connectivity index (χ1v) is 13.2. The molecule has 0 aromatic heterocycles. The minimum Gasteiger partial charge on any atom is -0.532 e. The molecule has 1 heterocycles. The Balaban J connectivity index is 1.65. The van der Waals surface area contributed by atoms with E-state index in [4.69, 9.17) is 30.2 Å². The minimum atomic E-state index is -1.73. The first kappa shape index (κ1) is 20.4. The maximum absolute atomic E-state index is 6.25. The van der Waals surface area contributed by atoms with Crippen molar-refractivity contribution in [3.8, 4) is 5.75 Å². The van der Waals surface area contributed by atoms with E-state index in [-0.39, 0.29) is 11.9 Å². The molecule has 5 nitrogen and oxygen atoms in total. The number of aliphatic imine (C=N–C) groups is 1. The molecule has 2 fully saturated rings. The number of ether oxygens (including phenoxy) is 3. The average Bonchev–Trinajstić information content (AvgIpc) is 3.04. The third kappa shape index (κ3) is 5.81. The molecule has 1 aliphatic heterocycles. The Morgan fingerprint density at radius 3 is 2.56 bits per heavy atom. The molecular formula is C20H28ClNO4Si. The van der Waals surface area contributed by atoms with E-state index < -0.39 is 8.32 Å². The van der Waals surface area contributed by atoms with Gasteiger partial charge in [-0.25, -0.2) is 4.99 Å². The van der Waals surface area contributed by atoms with Gasteiger partial charge in [0.05, 0.1) is 19.3 Å². The first-order valence-electron chi connectivity index (χ1n) is 9.41. The molecule has 1 aliphatic carbocycles. The molecule has 0 atom stereocenters. The van der Waals surface area contributed by atoms with Crippen LogP contribution in [0.5, 0.6) is 5.75 Å². The topological polar surface area (TPSA) is 49.3 Å². The predicted molar refractivity (Wildman–Crippen MR) is 110 cm³/mol. The van der Waals surface area contributed by atoms with Gasteiger partial charge in [-0.2, -0.15) is 0 Å². The molecule has 2 aliphatic rings. The van der Waals surface area contributed by atoms with Crippen molar-refractivity contribution in [1.29, 1.82) is 0 Å². The van der Waals surface area contributed by atoms with Gasteiger partial charge in [0.15, 0.2) is 11.7 Å². The van der Waals surface area contributed by atoms with Crippen LogP contribution >= 0.6 is 11.6 Å². The fraction of sp³-hybridized carbons (Fsp3) is 0.550. The molecule has 0 N–H and O–H groups in total. The lowest BCUT2D eigenvalue weighted by Crippen LogP contribution is -2.38. The summed E-state index contributed by atoms with van der Waals surface area (Å²) in [5.41, 5.74) is 0.816. The molecule has 1 aromatic carbocycles. The van der Waals surface area contributed by atoms with Crippen LogP contribution in [-0.2, 0) is 13.9 Å². The zero-order valence-electron chi connectivity index (χ0n) is 16.3. The number of rotatable bonds is 6. The molecule has 7 heteroatoms. The second-order valence-corrected chi connectivity index (χ2v) is 12.8. The number of halogens is 1. The highest BCUT2D eigenvalue weighted by molar-refractivity contribution is 6.70. The van der Waals surface area contributed by atoms with Crippen molar-refractivity contribution in [2.75, 3.05) is 13.2 Å². The van der Waals surface area contributed by atoms with Crippen molar-refractivity contribution in [3.63, 3.8) is 0 Å². The highest BCUT2D eigenvalue weighted by Crippen LogP contribution is 2.37. The summed E-state index contributed by atoms with van der Waals surface area (Å²) >= 11 is 6.17. The zero-order valence-corrected chi connectivity index (χ0v) is 18.1. The summed E-state index contributed by atoms with van der Waals surface area (Å²) in [5.74, 6) is 0.796. The maximum Gasteiger partial charge on any atom is 0.244 e. The summed E-state index contributed by atoms with van der Waals surface area (Å²) in [7, 11) is -1.73. The largest absolute Gasteiger partial charge is 0.532 e. The molecule has 0 bridgehead atoms. The molecule has 27 heavy (non-hydrogen) atoms. The monoisotopic (exact) mass is 409 g/mol. The van der Waals surface area contributed by atoms with E-state index in [0.717, 1.165) is 37.0 Å². The van der Waals surface area contributed by atoms with Gasteiger partial charge in [-0.15, -0.1) is 0 Å². The molecule has 1 saturated carbocycles.